The van der Waals surface area contributed by atoms with Crippen LogP contribution in [0.3, 0.4) is 0 Å². The number of ether oxygens (including phenoxy) is 2. The van der Waals surface area contributed by atoms with Crippen molar-refractivity contribution < 1.29 is 29.3 Å². The van der Waals surface area contributed by atoms with Crippen LogP contribution in [0.1, 0.15) is 104 Å². The normalized spacial score (nSPS) is 48.4. The van der Waals surface area contributed by atoms with Crippen molar-refractivity contribution in [3.63, 3.8) is 0 Å². The summed E-state index contributed by atoms with van der Waals surface area (Å²) in [6.07, 6.45) is 11.9. The second-order valence-electron chi connectivity index (χ2n) is 13.2. The number of aliphatic carboxylic acids is 1. The van der Waals surface area contributed by atoms with E-state index in [9.17, 15) is 19.8 Å². The molecule has 2 N–H and O–H groups in total. The minimum Gasteiger partial charge on any atom is -0.479 e. The first-order valence-electron chi connectivity index (χ1n) is 14.5. The predicted octanol–water partition coefficient (Wildman–Crippen LogP) is 6.11. The first-order chi connectivity index (χ1) is 17.1. The number of hydrogen-bond donors (Lipinski definition) is 2. The van der Waals surface area contributed by atoms with Crippen molar-refractivity contribution in [2.75, 3.05) is 0 Å². The third-order valence-corrected chi connectivity index (χ3v) is 12.8. The molecule has 6 nitrogen and oxygen atoms in total. The molecular formula is C29H45IO6. The van der Waals surface area contributed by atoms with Gasteiger partial charge in [-0.3, -0.25) is 4.79 Å². The zero-order chi connectivity index (χ0) is 25.7. The molecule has 36 heavy (non-hydrogen) atoms. The number of rotatable bonds is 6. The van der Waals surface area contributed by atoms with Crippen LogP contribution in [-0.2, 0) is 19.1 Å². The molecule has 11 atom stereocenters. The second-order valence-corrected chi connectivity index (χ2v) is 14.8. The van der Waals surface area contributed by atoms with Crippen molar-refractivity contribution in [1.82, 2.24) is 0 Å². The molecular weight excluding hydrogens is 571 g/mol. The van der Waals surface area contributed by atoms with E-state index in [1.807, 2.05) is 0 Å². The quantitative estimate of drug-likeness (QED) is 0.213. The Morgan fingerprint density at radius 3 is 2.56 bits per heavy atom. The van der Waals surface area contributed by atoms with Gasteiger partial charge in [0.1, 0.15) is 0 Å². The number of fused-ring (bicyclic) bond motifs is 5. The Morgan fingerprint density at radius 1 is 1.00 bits per heavy atom. The van der Waals surface area contributed by atoms with Gasteiger partial charge in [0.15, 0.2) is 6.10 Å². The maximum Gasteiger partial charge on any atom is 0.333 e. The van der Waals surface area contributed by atoms with E-state index in [-0.39, 0.29) is 18.8 Å². The number of aliphatic hydroxyl groups is 1. The fraction of sp³-hybridized carbons (Fsp3) is 0.931. The molecule has 0 bridgehead atoms. The fourth-order valence-corrected chi connectivity index (χ4v) is 11.2. The molecule has 5 rings (SSSR count). The van der Waals surface area contributed by atoms with E-state index in [0.717, 1.165) is 40.4 Å². The van der Waals surface area contributed by atoms with Gasteiger partial charge in [-0.15, -0.1) is 0 Å². The number of hydrogen-bond acceptors (Lipinski definition) is 5. The Hall–Kier alpha value is -0.410. The van der Waals surface area contributed by atoms with Gasteiger partial charge in [-0.1, -0.05) is 49.3 Å². The molecule has 0 radical (unpaired) electrons. The van der Waals surface area contributed by atoms with Crippen molar-refractivity contribution in [2.24, 2.45) is 40.4 Å². The molecule has 0 amide bonds. The van der Waals surface area contributed by atoms with Gasteiger partial charge >= 0.3 is 11.9 Å². The molecule has 5 aliphatic rings. The van der Waals surface area contributed by atoms with E-state index in [1.165, 1.54) is 57.8 Å². The first-order valence-corrected chi connectivity index (χ1v) is 15.8. The van der Waals surface area contributed by atoms with E-state index < -0.39 is 24.5 Å². The molecule has 7 heteroatoms. The Balaban J connectivity index is 1.15. The maximum absolute atomic E-state index is 12.5. The third-order valence-electron chi connectivity index (χ3n) is 11.5. The van der Waals surface area contributed by atoms with Crippen molar-refractivity contribution >= 4 is 34.5 Å². The van der Waals surface area contributed by atoms with Gasteiger partial charge in [0.05, 0.1) is 6.10 Å². The smallest absolute Gasteiger partial charge is 0.333 e. The molecule has 1 aliphatic heterocycles. The zero-order valence-corrected chi connectivity index (χ0v) is 24.2. The van der Waals surface area contributed by atoms with E-state index in [0.29, 0.717) is 23.2 Å². The third kappa shape index (κ3) is 4.99. The highest BCUT2D eigenvalue weighted by Crippen LogP contribution is 2.68. The van der Waals surface area contributed by atoms with Crippen LogP contribution in [0.5, 0.6) is 0 Å². The standard InChI is InChI=1S/C29H45IO6/c1-28-12-4-3-6-18(28)14-22(30)26-20-10-9-17(29(20,2)13-11-21(26)28)7-5-8-24(32)36-25-16-19(31)15-23(35-25)27(33)34/h17-23,25-26,31H,3-16H2,1-2H3,(H,33,34). The number of carbonyl (C=O) groups is 2. The molecule has 0 aromatic carbocycles. The molecule has 1 heterocycles. The lowest BCUT2D eigenvalue weighted by atomic mass is 9.45. The van der Waals surface area contributed by atoms with Crippen molar-refractivity contribution in [2.45, 2.75) is 126 Å². The highest BCUT2D eigenvalue weighted by Gasteiger charge is 2.61. The number of aliphatic hydroxyl groups excluding tert-OH is 1. The summed E-state index contributed by atoms with van der Waals surface area (Å²) in [5.74, 6) is 2.69. The Bertz CT molecular complexity index is 835. The van der Waals surface area contributed by atoms with E-state index in [1.54, 1.807) is 0 Å². The second kappa shape index (κ2) is 10.6. The van der Waals surface area contributed by atoms with Crippen LogP contribution in [-0.4, -0.2) is 44.6 Å². The number of halogens is 1. The zero-order valence-electron chi connectivity index (χ0n) is 22.0. The monoisotopic (exact) mass is 616 g/mol. The van der Waals surface area contributed by atoms with Crippen molar-refractivity contribution in [3.8, 4) is 0 Å². The molecule has 4 aliphatic carbocycles. The van der Waals surface area contributed by atoms with Gasteiger partial charge in [0, 0.05) is 23.2 Å². The SMILES string of the molecule is CC12CCC3C(C(I)CC4CCCCC43C)C1CCC2CCCC(=O)OC1CC(O)CC(C(=O)O)O1. The lowest BCUT2D eigenvalue weighted by Gasteiger charge is -2.62. The highest BCUT2D eigenvalue weighted by molar-refractivity contribution is 14.1. The number of carboxylic acid groups (broad SMARTS) is 1. The van der Waals surface area contributed by atoms with Gasteiger partial charge < -0.3 is 19.7 Å². The first kappa shape index (κ1) is 27.2. The summed E-state index contributed by atoms with van der Waals surface area (Å²) in [5, 5.41) is 19.1. The summed E-state index contributed by atoms with van der Waals surface area (Å²) in [7, 11) is 0. The van der Waals surface area contributed by atoms with Crippen LogP contribution in [0.15, 0.2) is 0 Å². The number of carbonyl (C=O) groups excluding carboxylic acids is 1. The van der Waals surface area contributed by atoms with Gasteiger partial charge in [-0.2, -0.15) is 0 Å². The molecule has 5 fully saturated rings. The summed E-state index contributed by atoms with van der Waals surface area (Å²) in [5.41, 5.74) is 0.944. The van der Waals surface area contributed by atoms with E-state index in [4.69, 9.17) is 9.47 Å². The topological polar surface area (TPSA) is 93.1 Å². The molecule has 0 aromatic heterocycles. The molecule has 0 spiro atoms. The van der Waals surface area contributed by atoms with Crippen LogP contribution in [0, 0.1) is 40.4 Å². The molecule has 0 aromatic rings. The summed E-state index contributed by atoms with van der Waals surface area (Å²) in [6, 6.07) is 0. The van der Waals surface area contributed by atoms with Crippen molar-refractivity contribution in [1.29, 1.82) is 0 Å². The van der Waals surface area contributed by atoms with Crippen LogP contribution in [0.25, 0.3) is 0 Å². The van der Waals surface area contributed by atoms with Crippen LogP contribution in [0.2, 0.25) is 0 Å². The summed E-state index contributed by atoms with van der Waals surface area (Å²) in [4.78, 5) is 23.7. The van der Waals surface area contributed by atoms with Gasteiger partial charge in [-0.05, 0) is 98.2 Å². The molecule has 11 unspecified atom stereocenters. The average molecular weight is 617 g/mol. The average Bonchev–Trinajstić information content (AvgIpc) is 3.15. The summed E-state index contributed by atoms with van der Waals surface area (Å²) in [6.45, 7) is 5.21. The number of alkyl halides is 1. The van der Waals surface area contributed by atoms with Crippen LogP contribution in [0.4, 0.5) is 0 Å². The molecule has 1 saturated heterocycles. The number of esters is 1. The Kier molecular flexibility index (Phi) is 8.02. The minimum absolute atomic E-state index is 0.0323. The molecule has 4 saturated carbocycles. The van der Waals surface area contributed by atoms with Gasteiger partial charge in [0.25, 0.3) is 0 Å². The van der Waals surface area contributed by atoms with E-state index >= 15 is 0 Å². The Labute approximate surface area is 229 Å². The number of carboxylic acids is 1. The van der Waals surface area contributed by atoms with Gasteiger partial charge in [-0.25, -0.2) is 4.79 Å². The van der Waals surface area contributed by atoms with Crippen LogP contribution < -0.4 is 0 Å². The highest BCUT2D eigenvalue weighted by atomic mass is 127. The summed E-state index contributed by atoms with van der Waals surface area (Å²) >= 11 is 2.82. The largest absolute Gasteiger partial charge is 0.479 e. The Morgan fingerprint density at radius 2 is 1.78 bits per heavy atom. The van der Waals surface area contributed by atoms with Crippen molar-refractivity contribution in [3.05, 3.63) is 0 Å². The predicted molar refractivity (Wildman–Crippen MR) is 145 cm³/mol. The fourth-order valence-electron chi connectivity index (χ4n) is 9.58. The van der Waals surface area contributed by atoms with Gasteiger partial charge in [0.2, 0.25) is 6.29 Å². The lowest BCUT2D eigenvalue weighted by molar-refractivity contribution is -0.222. The summed E-state index contributed by atoms with van der Waals surface area (Å²) < 4.78 is 11.6. The maximum atomic E-state index is 12.5. The van der Waals surface area contributed by atoms with Crippen LogP contribution >= 0.6 is 22.6 Å². The van der Waals surface area contributed by atoms with E-state index in [2.05, 4.69) is 36.4 Å². The molecule has 204 valence electrons. The lowest BCUT2D eigenvalue weighted by Crippen LogP contribution is -2.56. The minimum atomic E-state index is -1.13.